The summed E-state index contributed by atoms with van der Waals surface area (Å²) in [5.41, 5.74) is 0. The second-order valence-corrected chi connectivity index (χ2v) is 5.31. The van der Waals surface area contributed by atoms with E-state index in [0.717, 1.165) is 25.8 Å². The average molecular weight is 311 g/mol. The standard InChI is InChI=1S/C13H18Cl3NO/c1-3-4-9(5-6-17-2)18-10-7-11(14)13(16)12(15)8-10/h7-9,17H,3-6H2,1-2H3/t9-/m1/s1. The minimum absolute atomic E-state index is 0.163. The highest BCUT2D eigenvalue weighted by atomic mass is 35.5. The maximum Gasteiger partial charge on any atom is 0.122 e. The Morgan fingerprint density at radius 3 is 2.28 bits per heavy atom. The number of benzene rings is 1. The Kier molecular flexibility index (Phi) is 7.16. The molecule has 5 heteroatoms. The van der Waals surface area contributed by atoms with Crippen LogP contribution in [-0.2, 0) is 0 Å². The van der Waals surface area contributed by atoms with E-state index in [4.69, 9.17) is 39.5 Å². The Hall–Kier alpha value is -0.150. The van der Waals surface area contributed by atoms with Crippen LogP contribution in [-0.4, -0.2) is 19.7 Å². The maximum absolute atomic E-state index is 5.98. The Bertz CT molecular complexity index is 361. The third-order valence-corrected chi connectivity index (χ3v) is 3.78. The van der Waals surface area contributed by atoms with Crippen molar-refractivity contribution in [3.63, 3.8) is 0 Å². The van der Waals surface area contributed by atoms with Gasteiger partial charge in [-0.3, -0.25) is 0 Å². The Morgan fingerprint density at radius 1 is 1.17 bits per heavy atom. The predicted molar refractivity (Wildman–Crippen MR) is 79.3 cm³/mol. The summed E-state index contributed by atoms with van der Waals surface area (Å²) in [6.07, 6.45) is 3.18. The third-order valence-electron chi connectivity index (χ3n) is 2.59. The molecule has 0 aliphatic heterocycles. The van der Waals surface area contributed by atoms with Crippen LogP contribution in [0, 0.1) is 0 Å². The lowest BCUT2D eigenvalue weighted by atomic mass is 10.1. The number of hydrogen-bond acceptors (Lipinski definition) is 2. The van der Waals surface area contributed by atoms with Crippen molar-refractivity contribution in [1.82, 2.24) is 5.32 Å². The molecule has 0 aliphatic carbocycles. The summed E-state index contributed by atoms with van der Waals surface area (Å²) in [5.74, 6) is 0.670. The molecule has 0 amide bonds. The van der Waals surface area contributed by atoms with Crippen LogP contribution in [0.15, 0.2) is 12.1 Å². The second kappa shape index (κ2) is 8.11. The van der Waals surface area contributed by atoms with E-state index in [0.29, 0.717) is 20.8 Å². The first kappa shape index (κ1) is 15.9. The van der Waals surface area contributed by atoms with Crippen molar-refractivity contribution in [2.75, 3.05) is 13.6 Å². The molecule has 0 spiro atoms. The van der Waals surface area contributed by atoms with Crippen LogP contribution in [0.25, 0.3) is 0 Å². The Morgan fingerprint density at radius 2 is 1.78 bits per heavy atom. The summed E-state index contributed by atoms with van der Waals surface area (Å²) in [7, 11) is 1.93. The fraction of sp³-hybridized carbons (Fsp3) is 0.538. The molecule has 1 aromatic rings. The zero-order valence-electron chi connectivity index (χ0n) is 10.6. The fourth-order valence-corrected chi connectivity index (χ4v) is 2.26. The summed E-state index contributed by atoms with van der Waals surface area (Å²) in [5, 5.41) is 4.33. The predicted octanol–water partition coefficient (Wildman–Crippen LogP) is 4.80. The van der Waals surface area contributed by atoms with Crippen molar-refractivity contribution in [3.8, 4) is 5.75 Å². The number of ether oxygens (including phenoxy) is 1. The van der Waals surface area contributed by atoms with Gasteiger partial charge in [0.1, 0.15) is 5.75 Å². The summed E-state index contributed by atoms with van der Waals surface area (Å²) in [4.78, 5) is 0. The summed E-state index contributed by atoms with van der Waals surface area (Å²) >= 11 is 17.9. The van der Waals surface area contributed by atoms with Crippen molar-refractivity contribution < 1.29 is 4.74 Å². The van der Waals surface area contributed by atoms with Crippen LogP contribution >= 0.6 is 34.8 Å². The molecule has 0 radical (unpaired) electrons. The first-order valence-corrected chi connectivity index (χ1v) is 7.17. The first-order chi connectivity index (χ1) is 8.58. The van der Waals surface area contributed by atoms with Gasteiger partial charge in [-0.15, -0.1) is 0 Å². The van der Waals surface area contributed by atoms with Gasteiger partial charge in [-0.2, -0.15) is 0 Å². The Balaban J connectivity index is 2.73. The van der Waals surface area contributed by atoms with Gasteiger partial charge in [0, 0.05) is 12.1 Å². The lowest BCUT2D eigenvalue weighted by molar-refractivity contribution is 0.180. The zero-order chi connectivity index (χ0) is 13.5. The van der Waals surface area contributed by atoms with Crippen LogP contribution in [0.3, 0.4) is 0 Å². The SMILES string of the molecule is CCC[C@H](CCNC)Oc1cc(Cl)c(Cl)c(Cl)c1. The van der Waals surface area contributed by atoms with E-state index in [-0.39, 0.29) is 6.10 Å². The largest absolute Gasteiger partial charge is 0.490 e. The van der Waals surface area contributed by atoms with Gasteiger partial charge in [-0.05, 0) is 26.4 Å². The van der Waals surface area contributed by atoms with Gasteiger partial charge in [0.05, 0.1) is 21.2 Å². The molecule has 0 heterocycles. The molecule has 1 rings (SSSR count). The highest BCUT2D eigenvalue weighted by Gasteiger charge is 2.12. The first-order valence-electron chi connectivity index (χ1n) is 6.04. The van der Waals surface area contributed by atoms with E-state index < -0.39 is 0 Å². The van der Waals surface area contributed by atoms with E-state index in [1.54, 1.807) is 12.1 Å². The van der Waals surface area contributed by atoms with Crippen LogP contribution < -0.4 is 10.1 Å². The molecular formula is C13H18Cl3NO. The topological polar surface area (TPSA) is 21.3 Å². The lowest BCUT2D eigenvalue weighted by Crippen LogP contribution is -2.22. The Labute approximate surface area is 124 Å². The van der Waals surface area contributed by atoms with Gasteiger partial charge in [0.25, 0.3) is 0 Å². The van der Waals surface area contributed by atoms with Gasteiger partial charge in [0.2, 0.25) is 0 Å². The van der Waals surface area contributed by atoms with E-state index in [2.05, 4.69) is 12.2 Å². The highest BCUT2D eigenvalue weighted by Crippen LogP contribution is 2.34. The second-order valence-electron chi connectivity index (χ2n) is 4.12. The molecule has 0 bridgehead atoms. The van der Waals surface area contributed by atoms with E-state index in [1.165, 1.54) is 0 Å². The van der Waals surface area contributed by atoms with Gasteiger partial charge >= 0.3 is 0 Å². The van der Waals surface area contributed by atoms with Crippen LogP contribution in [0.5, 0.6) is 5.75 Å². The number of hydrogen-bond donors (Lipinski definition) is 1. The van der Waals surface area contributed by atoms with Crippen molar-refractivity contribution >= 4 is 34.8 Å². The number of nitrogens with one attached hydrogen (secondary N) is 1. The monoisotopic (exact) mass is 309 g/mol. The minimum atomic E-state index is 0.163. The van der Waals surface area contributed by atoms with Crippen LogP contribution in [0.4, 0.5) is 0 Å². The average Bonchev–Trinajstić information content (AvgIpc) is 2.33. The van der Waals surface area contributed by atoms with Gasteiger partial charge < -0.3 is 10.1 Å². The van der Waals surface area contributed by atoms with Gasteiger partial charge in [0.15, 0.2) is 0 Å². The molecule has 0 saturated carbocycles. The quantitative estimate of drug-likeness (QED) is 0.730. The fourth-order valence-electron chi connectivity index (χ4n) is 1.68. The maximum atomic E-state index is 5.98. The molecule has 102 valence electrons. The van der Waals surface area contributed by atoms with E-state index >= 15 is 0 Å². The summed E-state index contributed by atoms with van der Waals surface area (Å²) < 4.78 is 5.91. The summed E-state index contributed by atoms with van der Waals surface area (Å²) in [6.45, 7) is 3.05. The molecule has 1 aromatic carbocycles. The van der Waals surface area contributed by atoms with Crippen molar-refractivity contribution in [1.29, 1.82) is 0 Å². The third kappa shape index (κ3) is 4.85. The number of halogens is 3. The van der Waals surface area contributed by atoms with Crippen molar-refractivity contribution in [2.45, 2.75) is 32.3 Å². The number of rotatable bonds is 7. The molecular weight excluding hydrogens is 293 g/mol. The van der Waals surface area contributed by atoms with Crippen LogP contribution in [0.2, 0.25) is 15.1 Å². The highest BCUT2D eigenvalue weighted by molar-refractivity contribution is 6.48. The minimum Gasteiger partial charge on any atom is -0.490 e. The van der Waals surface area contributed by atoms with Gasteiger partial charge in [-0.1, -0.05) is 48.1 Å². The molecule has 18 heavy (non-hydrogen) atoms. The summed E-state index contributed by atoms with van der Waals surface area (Å²) in [6, 6.07) is 3.41. The normalized spacial score (nSPS) is 12.5. The molecule has 0 aliphatic rings. The van der Waals surface area contributed by atoms with Crippen LogP contribution in [0.1, 0.15) is 26.2 Å². The van der Waals surface area contributed by atoms with Crippen molar-refractivity contribution in [3.05, 3.63) is 27.2 Å². The van der Waals surface area contributed by atoms with Gasteiger partial charge in [-0.25, -0.2) is 0 Å². The molecule has 1 N–H and O–H groups in total. The molecule has 2 nitrogen and oxygen atoms in total. The van der Waals surface area contributed by atoms with E-state index in [9.17, 15) is 0 Å². The van der Waals surface area contributed by atoms with Crippen molar-refractivity contribution in [2.24, 2.45) is 0 Å². The molecule has 0 fully saturated rings. The lowest BCUT2D eigenvalue weighted by Gasteiger charge is -2.19. The zero-order valence-corrected chi connectivity index (χ0v) is 12.9. The molecule has 0 unspecified atom stereocenters. The molecule has 1 atom stereocenters. The smallest absolute Gasteiger partial charge is 0.122 e. The van der Waals surface area contributed by atoms with E-state index in [1.807, 2.05) is 7.05 Å². The molecule has 0 aromatic heterocycles. The molecule has 0 saturated heterocycles.